The van der Waals surface area contributed by atoms with E-state index in [1.165, 1.54) is 24.8 Å². The highest BCUT2D eigenvalue weighted by Crippen LogP contribution is 2.30. The Morgan fingerprint density at radius 2 is 1.81 bits per heavy atom. The minimum atomic E-state index is -1.19. The molecule has 1 aromatic carbocycles. The molecule has 0 aliphatic heterocycles. The number of aromatic amines is 1. The molecular weight excluding hydrogens is 594 g/mol. The summed E-state index contributed by atoms with van der Waals surface area (Å²) in [5.41, 5.74) is 0.755. The van der Waals surface area contributed by atoms with E-state index in [4.69, 9.17) is 0 Å². The Morgan fingerprint density at radius 3 is 2.40 bits per heavy atom. The molecule has 10 heteroatoms. The van der Waals surface area contributed by atoms with Crippen LogP contribution in [0.5, 0.6) is 0 Å². The number of aliphatic hydroxyl groups is 3. The molecule has 0 saturated heterocycles. The van der Waals surface area contributed by atoms with Crippen molar-refractivity contribution in [1.82, 2.24) is 25.5 Å². The van der Waals surface area contributed by atoms with Gasteiger partial charge in [-0.1, -0.05) is 89.6 Å². The van der Waals surface area contributed by atoms with Crippen LogP contribution in [0, 0.1) is 17.8 Å². The zero-order valence-electron chi connectivity index (χ0n) is 29.2. The van der Waals surface area contributed by atoms with E-state index in [1.54, 1.807) is 19.4 Å². The number of H-pyrrole nitrogens is 1. The number of benzene rings is 1. The normalized spacial score (nSPS) is 17.0. The van der Waals surface area contributed by atoms with Gasteiger partial charge in [0.2, 0.25) is 11.8 Å². The van der Waals surface area contributed by atoms with Crippen LogP contribution in [0.25, 0.3) is 0 Å². The molecule has 2 amide bonds. The number of nitrogens with zero attached hydrogens (tertiary/aromatic N) is 2. The average Bonchev–Trinajstić information content (AvgIpc) is 3.59. The fourth-order valence-corrected chi connectivity index (χ4v) is 6.92. The Kier molecular flexibility index (Phi) is 16.4. The minimum absolute atomic E-state index is 0.0995. The van der Waals surface area contributed by atoms with Gasteiger partial charge in [-0.3, -0.25) is 14.5 Å². The molecule has 10 nitrogen and oxygen atoms in total. The lowest BCUT2D eigenvalue weighted by Crippen LogP contribution is -2.58. The largest absolute Gasteiger partial charge is 0.394 e. The van der Waals surface area contributed by atoms with Gasteiger partial charge in [0, 0.05) is 18.3 Å². The van der Waals surface area contributed by atoms with Crippen LogP contribution in [-0.4, -0.2) is 92.0 Å². The summed E-state index contributed by atoms with van der Waals surface area (Å²) < 4.78 is 0. The molecule has 4 atom stereocenters. The maximum Gasteiger partial charge on any atom is 0.238 e. The number of aromatic nitrogens is 2. The molecule has 0 bridgehead atoms. The van der Waals surface area contributed by atoms with E-state index in [9.17, 15) is 24.9 Å². The van der Waals surface area contributed by atoms with Crippen molar-refractivity contribution in [3.63, 3.8) is 0 Å². The molecular formula is C37H61N5O5. The highest BCUT2D eigenvalue weighted by Gasteiger charge is 2.34. The topological polar surface area (TPSA) is 151 Å². The Bertz CT molecular complexity index is 1150. The first-order valence-corrected chi connectivity index (χ1v) is 17.8. The summed E-state index contributed by atoms with van der Waals surface area (Å²) in [6, 6.07) is 9.00. The third kappa shape index (κ3) is 13.0. The van der Waals surface area contributed by atoms with Crippen molar-refractivity contribution in [3.8, 4) is 0 Å². The van der Waals surface area contributed by atoms with Crippen LogP contribution in [-0.2, 0) is 22.4 Å². The highest BCUT2D eigenvalue weighted by molar-refractivity contribution is 5.84. The molecule has 2 aromatic rings. The number of imidazole rings is 1. The number of aliphatic hydroxyl groups excluding tert-OH is 3. The van der Waals surface area contributed by atoms with Crippen molar-refractivity contribution in [2.45, 2.75) is 122 Å². The predicted molar refractivity (Wildman–Crippen MR) is 186 cm³/mol. The van der Waals surface area contributed by atoms with Gasteiger partial charge in [0.25, 0.3) is 0 Å². The first-order valence-electron chi connectivity index (χ1n) is 17.8. The number of hydrogen-bond donors (Lipinski definition) is 6. The number of amides is 2. The standard InChI is InChI=1S/C37H61N5O5/c1-5-30(27(2)3)20-34(45)32(19-29-15-10-7-11-16-29)40-36(47)33(21-31-22-38-26-39-31)42(18-12-17-28-13-8-6-9-14-28)23-35(46)41-37(4,24-43)25-44/h6,8-9,13-14,22,26-27,29-30,32-34,43-45H,5,7,10-12,15-21,23-25H2,1-4H3,(H,38,39)(H,40,47)(H,41,46)/t30-,32-,33-,34-/m0/s1. The summed E-state index contributed by atoms with van der Waals surface area (Å²) >= 11 is 0. The van der Waals surface area contributed by atoms with Crippen molar-refractivity contribution in [2.24, 2.45) is 17.8 Å². The monoisotopic (exact) mass is 655 g/mol. The van der Waals surface area contributed by atoms with Gasteiger partial charge in [0.05, 0.1) is 49.8 Å². The molecule has 1 aliphatic rings. The maximum atomic E-state index is 14.5. The van der Waals surface area contributed by atoms with Crippen molar-refractivity contribution in [2.75, 3.05) is 26.3 Å². The van der Waals surface area contributed by atoms with E-state index in [0.29, 0.717) is 43.6 Å². The van der Waals surface area contributed by atoms with Gasteiger partial charge in [-0.25, -0.2) is 4.98 Å². The number of rotatable bonds is 21. The number of nitrogens with one attached hydrogen (secondary N) is 3. The SMILES string of the molecule is CC[C@@H](C[C@H](O)[C@H](CC1CCCCC1)NC(=O)[C@H](Cc1cnc[nH]1)N(CCCc1ccccc1)CC(=O)NC(C)(CO)CO)C(C)C. The summed E-state index contributed by atoms with van der Waals surface area (Å²) in [4.78, 5) is 37.0. The first-order chi connectivity index (χ1) is 22.6. The Hall–Kier alpha value is -2.79. The highest BCUT2D eigenvalue weighted by atomic mass is 16.3. The molecule has 1 fully saturated rings. The van der Waals surface area contributed by atoms with E-state index in [-0.39, 0.29) is 18.4 Å². The fraction of sp³-hybridized carbons (Fsp3) is 0.703. The summed E-state index contributed by atoms with van der Waals surface area (Å²) in [5, 5.41) is 37.4. The maximum absolute atomic E-state index is 14.5. The molecule has 1 saturated carbocycles. The Labute approximate surface area is 282 Å². The van der Waals surface area contributed by atoms with Gasteiger partial charge < -0.3 is 30.9 Å². The quantitative estimate of drug-likeness (QED) is 0.119. The van der Waals surface area contributed by atoms with Gasteiger partial charge in [-0.15, -0.1) is 0 Å². The van der Waals surface area contributed by atoms with E-state index in [0.717, 1.165) is 37.8 Å². The summed E-state index contributed by atoms with van der Waals surface area (Å²) in [5.74, 6) is 0.616. The van der Waals surface area contributed by atoms with Crippen LogP contribution in [0.2, 0.25) is 0 Å². The van der Waals surface area contributed by atoms with Gasteiger partial charge in [0.15, 0.2) is 0 Å². The number of hydrogen-bond acceptors (Lipinski definition) is 7. The zero-order chi connectivity index (χ0) is 34.2. The number of aryl methyl sites for hydroxylation is 1. The second-order valence-corrected chi connectivity index (χ2v) is 14.4. The number of carbonyl (C=O) groups excluding carboxylic acids is 2. The summed E-state index contributed by atoms with van der Waals surface area (Å²) in [6.45, 7) is 7.64. The average molecular weight is 656 g/mol. The minimum Gasteiger partial charge on any atom is -0.394 e. The van der Waals surface area contributed by atoms with Crippen LogP contribution in [0.3, 0.4) is 0 Å². The molecule has 3 rings (SSSR count). The van der Waals surface area contributed by atoms with Gasteiger partial charge >= 0.3 is 0 Å². The van der Waals surface area contributed by atoms with Gasteiger partial charge in [-0.05, 0) is 62.5 Å². The second-order valence-electron chi connectivity index (χ2n) is 14.4. The van der Waals surface area contributed by atoms with Gasteiger partial charge in [0.1, 0.15) is 0 Å². The van der Waals surface area contributed by atoms with Crippen LogP contribution in [0.1, 0.15) is 96.7 Å². The van der Waals surface area contributed by atoms with Crippen molar-refractivity contribution in [1.29, 1.82) is 0 Å². The fourth-order valence-electron chi connectivity index (χ4n) is 6.92. The number of carbonyl (C=O) groups is 2. The van der Waals surface area contributed by atoms with Gasteiger partial charge in [-0.2, -0.15) is 0 Å². The molecule has 47 heavy (non-hydrogen) atoms. The zero-order valence-corrected chi connectivity index (χ0v) is 29.2. The third-order valence-electron chi connectivity index (χ3n) is 10.1. The Morgan fingerprint density at radius 1 is 1.11 bits per heavy atom. The Balaban J connectivity index is 1.89. The van der Waals surface area contributed by atoms with Crippen molar-refractivity contribution in [3.05, 3.63) is 54.1 Å². The van der Waals surface area contributed by atoms with Crippen LogP contribution in [0.4, 0.5) is 0 Å². The van der Waals surface area contributed by atoms with Crippen LogP contribution in [0.15, 0.2) is 42.9 Å². The third-order valence-corrected chi connectivity index (χ3v) is 10.1. The first kappa shape index (κ1) is 38.7. The van der Waals surface area contributed by atoms with E-state index < -0.39 is 36.9 Å². The lowest BCUT2D eigenvalue weighted by molar-refractivity contribution is -0.131. The molecule has 0 radical (unpaired) electrons. The summed E-state index contributed by atoms with van der Waals surface area (Å²) in [6.07, 6.45) is 12.5. The van der Waals surface area contributed by atoms with E-state index in [2.05, 4.69) is 53.5 Å². The van der Waals surface area contributed by atoms with E-state index >= 15 is 0 Å². The smallest absolute Gasteiger partial charge is 0.238 e. The molecule has 0 unspecified atom stereocenters. The van der Waals surface area contributed by atoms with Crippen LogP contribution < -0.4 is 10.6 Å². The summed E-state index contributed by atoms with van der Waals surface area (Å²) in [7, 11) is 0. The molecule has 1 aromatic heterocycles. The van der Waals surface area contributed by atoms with E-state index in [1.807, 2.05) is 23.1 Å². The second kappa shape index (κ2) is 19.9. The lowest BCUT2D eigenvalue weighted by atomic mass is 9.80. The van der Waals surface area contributed by atoms with Crippen molar-refractivity contribution >= 4 is 11.8 Å². The molecule has 6 N–H and O–H groups in total. The molecule has 1 heterocycles. The predicted octanol–water partition coefficient (Wildman–Crippen LogP) is 4.00. The van der Waals surface area contributed by atoms with Crippen molar-refractivity contribution < 1.29 is 24.9 Å². The molecule has 264 valence electrons. The van der Waals surface area contributed by atoms with Crippen LogP contribution >= 0.6 is 0 Å². The lowest BCUT2D eigenvalue weighted by Gasteiger charge is -2.36. The molecule has 0 spiro atoms. The molecule has 1 aliphatic carbocycles.